The Morgan fingerprint density at radius 2 is 1.82 bits per heavy atom. The molecule has 0 bridgehead atoms. The number of pyridine rings is 1. The van der Waals surface area contributed by atoms with Gasteiger partial charge >= 0.3 is 6.18 Å². The molecule has 1 amide bonds. The maximum Gasteiger partial charge on any atom is 0.416 e. The number of carbonyl (C=O) groups is 1. The highest BCUT2D eigenvalue weighted by Gasteiger charge is 2.35. The van der Waals surface area contributed by atoms with E-state index in [4.69, 9.17) is 9.40 Å². The predicted molar refractivity (Wildman–Crippen MR) is 150 cm³/mol. The van der Waals surface area contributed by atoms with Crippen LogP contribution in [0.2, 0.25) is 0 Å². The molecule has 0 spiro atoms. The molecule has 1 aromatic carbocycles. The van der Waals surface area contributed by atoms with Crippen LogP contribution in [-0.4, -0.2) is 60.0 Å². The Morgan fingerprint density at radius 3 is 2.38 bits per heavy atom. The summed E-state index contributed by atoms with van der Waals surface area (Å²) in [5.74, 6) is 1.57. The van der Waals surface area contributed by atoms with E-state index < -0.39 is 11.7 Å². The van der Waals surface area contributed by atoms with E-state index in [1.807, 2.05) is 4.90 Å². The van der Waals surface area contributed by atoms with Gasteiger partial charge in [-0.2, -0.15) is 13.2 Å². The number of amides is 1. The second kappa shape index (κ2) is 10.9. The van der Waals surface area contributed by atoms with Gasteiger partial charge in [-0.3, -0.25) is 9.69 Å². The van der Waals surface area contributed by atoms with Crippen LogP contribution in [0, 0.1) is 6.92 Å². The van der Waals surface area contributed by atoms with Crippen molar-refractivity contribution in [3.05, 3.63) is 70.8 Å². The van der Waals surface area contributed by atoms with Crippen LogP contribution in [0.5, 0.6) is 0 Å². The smallest absolute Gasteiger partial charge is 0.416 e. The maximum atomic E-state index is 13.3. The number of furan rings is 1. The molecule has 2 aliphatic heterocycles. The number of alkyl halides is 3. The van der Waals surface area contributed by atoms with Gasteiger partial charge in [0.15, 0.2) is 0 Å². The van der Waals surface area contributed by atoms with E-state index in [0.29, 0.717) is 31.0 Å². The lowest BCUT2D eigenvalue weighted by molar-refractivity contribution is -0.137. The van der Waals surface area contributed by atoms with Gasteiger partial charge in [-0.05, 0) is 76.0 Å². The second-order valence-electron chi connectivity index (χ2n) is 11.4. The Labute approximate surface area is 233 Å². The van der Waals surface area contributed by atoms with Gasteiger partial charge in [0.05, 0.1) is 23.1 Å². The van der Waals surface area contributed by atoms with Crippen LogP contribution in [0.4, 0.5) is 19.0 Å². The summed E-state index contributed by atoms with van der Waals surface area (Å²) in [4.78, 5) is 25.0. The summed E-state index contributed by atoms with van der Waals surface area (Å²) in [5, 5.41) is 0. The third-order valence-corrected chi connectivity index (χ3v) is 8.29. The van der Waals surface area contributed by atoms with Crippen molar-refractivity contribution in [1.82, 2.24) is 14.8 Å². The summed E-state index contributed by atoms with van der Waals surface area (Å²) in [5.41, 5.74) is 3.50. The number of benzene rings is 1. The van der Waals surface area contributed by atoms with Crippen LogP contribution < -0.4 is 4.90 Å². The van der Waals surface area contributed by atoms with Crippen LogP contribution in [0.15, 0.2) is 47.1 Å². The van der Waals surface area contributed by atoms with Crippen molar-refractivity contribution >= 4 is 11.7 Å². The molecule has 2 saturated heterocycles. The van der Waals surface area contributed by atoms with E-state index in [0.717, 1.165) is 59.7 Å². The lowest BCUT2D eigenvalue weighted by atomic mass is 9.92. The molecule has 0 N–H and O–H groups in total. The number of likely N-dealkylation sites (tertiary alicyclic amines) is 1. The first kappa shape index (κ1) is 28.2. The van der Waals surface area contributed by atoms with Gasteiger partial charge in [0.25, 0.3) is 5.91 Å². The quantitative estimate of drug-likeness (QED) is 0.343. The van der Waals surface area contributed by atoms with Crippen molar-refractivity contribution in [3.8, 4) is 11.1 Å². The molecule has 6 nitrogen and oxygen atoms in total. The van der Waals surface area contributed by atoms with Crippen molar-refractivity contribution in [2.45, 2.75) is 64.7 Å². The molecule has 2 fully saturated rings. The zero-order chi connectivity index (χ0) is 28.8. The molecule has 1 unspecified atom stereocenters. The van der Waals surface area contributed by atoms with Gasteiger partial charge in [-0.15, -0.1) is 0 Å². The molecule has 214 valence electrons. The van der Waals surface area contributed by atoms with E-state index >= 15 is 0 Å². The minimum Gasteiger partial charge on any atom is -0.469 e. The van der Waals surface area contributed by atoms with Crippen LogP contribution in [0.25, 0.3) is 11.1 Å². The molecule has 0 saturated carbocycles. The number of carbonyl (C=O) groups excluding carboxylic acids is 1. The standard InChI is InChI=1S/C31H37F3N4O2/c1-19(2)28-25(22-8-10-23(11-9-22)31(32,33)34)17-26(27-7-6-13-36(27)5)29(35-28)37-14-15-38(20(3)18-37)30(39)24-12-16-40-21(24)4/h8-12,16-17,19-20,27H,6-7,13-15,18H2,1-5H3/t20?,27-/m1/s1. The van der Waals surface area contributed by atoms with Crippen molar-refractivity contribution in [1.29, 1.82) is 0 Å². The number of halogens is 3. The third-order valence-electron chi connectivity index (χ3n) is 8.29. The van der Waals surface area contributed by atoms with Gasteiger partial charge in [-0.25, -0.2) is 4.98 Å². The number of nitrogens with zero attached hydrogens (tertiary/aromatic N) is 4. The Bertz CT molecular complexity index is 1370. The molecular weight excluding hydrogens is 517 g/mol. The number of hydrogen-bond acceptors (Lipinski definition) is 5. The highest BCUT2D eigenvalue weighted by Crippen LogP contribution is 2.41. The van der Waals surface area contributed by atoms with Gasteiger partial charge in [0.1, 0.15) is 11.6 Å². The van der Waals surface area contributed by atoms with Crippen LogP contribution in [0.3, 0.4) is 0 Å². The van der Waals surface area contributed by atoms with Gasteiger partial charge in [0, 0.05) is 42.8 Å². The fraction of sp³-hybridized carbons (Fsp3) is 0.484. The van der Waals surface area contributed by atoms with E-state index in [9.17, 15) is 18.0 Å². The van der Waals surface area contributed by atoms with Gasteiger partial charge < -0.3 is 14.2 Å². The number of aryl methyl sites for hydroxylation is 1. The average Bonchev–Trinajstić information content (AvgIpc) is 3.54. The lowest BCUT2D eigenvalue weighted by Gasteiger charge is -2.42. The molecule has 3 aromatic rings. The number of rotatable bonds is 5. The average molecular weight is 555 g/mol. The zero-order valence-corrected chi connectivity index (χ0v) is 23.8. The van der Waals surface area contributed by atoms with Gasteiger partial charge in [-0.1, -0.05) is 26.0 Å². The molecule has 2 aromatic heterocycles. The fourth-order valence-electron chi connectivity index (χ4n) is 6.06. The number of hydrogen-bond donors (Lipinski definition) is 0. The highest BCUT2D eigenvalue weighted by molar-refractivity contribution is 5.95. The molecule has 0 radical (unpaired) electrons. The van der Waals surface area contributed by atoms with Crippen molar-refractivity contribution < 1.29 is 22.4 Å². The summed E-state index contributed by atoms with van der Waals surface area (Å²) >= 11 is 0. The molecule has 9 heteroatoms. The number of aromatic nitrogens is 1. The molecular formula is C31H37F3N4O2. The minimum atomic E-state index is -4.38. The molecule has 5 rings (SSSR count). The Morgan fingerprint density at radius 1 is 1.10 bits per heavy atom. The van der Waals surface area contributed by atoms with E-state index in [2.05, 4.69) is 43.7 Å². The summed E-state index contributed by atoms with van der Waals surface area (Å²) in [6.07, 6.45) is -0.767. The summed E-state index contributed by atoms with van der Waals surface area (Å²) < 4.78 is 45.1. The predicted octanol–water partition coefficient (Wildman–Crippen LogP) is 6.91. The fourth-order valence-corrected chi connectivity index (χ4v) is 6.06. The molecule has 0 aliphatic carbocycles. The first-order valence-electron chi connectivity index (χ1n) is 14.0. The Hall–Kier alpha value is -3.33. The van der Waals surface area contributed by atoms with E-state index in [-0.39, 0.29) is 23.9 Å². The summed E-state index contributed by atoms with van der Waals surface area (Å²) in [7, 11) is 2.11. The Balaban J connectivity index is 1.53. The lowest BCUT2D eigenvalue weighted by Crippen LogP contribution is -2.54. The molecule has 40 heavy (non-hydrogen) atoms. The van der Waals surface area contributed by atoms with E-state index in [1.54, 1.807) is 31.4 Å². The highest BCUT2D eigenvalue weighted by atomic mass is 19.4. The number of anilines is 1. The zero-order valence-electron chi connectivity index (χ0n) is 23.8. The van der Waals surface area contributed by atoms with Crippen LogP contribution >= 0.6 is 0 Å². The first-order valence-corrected chi connectivity index (χ1v) is 14.0. The minimum absolute atomic E-state index is 0.0253. The van der Waals surface area contributed by atoms with Crippen LogP contribution in [-0.2, 0) is 6.18 Å². The van der Waals surface area contributed by atoms with Crippen LogP contribution in [0.1, 0.15) is 78.5 Å². The molecule has 4 heterocycles. The topological polar surface area (TPSA) is 52.8 Å². The second-order valence-corrected chi connectivity index (χ2v) is 11.4. The normalized spacial score (nSPS) is 20.5. The summed E-state index contributed by atoms with van der Waals surface area (Å²) in [6, 6.07) is 9.41. The Kier molecular flexibility index (Phi) is 7.70. The third kappa shape index (κ3) is 5.36. The SMILES string of the molecule is Cc1occc1C(=O)N1CCN(c2nc(C(C)C)c(-c3ccc(C(F)(F)F)cc3)cc2[C@H]2CCCN2C)CC1C. The van der Waals surface area contributed by atoms with Crippen molar-refractivity contribution in [2.24, 2.45) is 0 Å². The summed E-state index contributed by atoms with van der Waals surface area (Å²) in [6.45, 7) is 10.8. The first-order chi connectivity index (χ1) is 19.0. The van der Waals surface area contributed by atoms with Gasteiger partial charge in [0.2, 0.25) is 0 Å². The molecule has 2 aliphatic rings. The molecule has 2 atom stereocenters. The largest absolute Gasteiger partial charge is 0.469 e. The van der Waals surface area contributed by atoms with E-state index in [1.165, 1.54) is 0 Å². The van der Waals surface area contributed by atoms with Crippen molar-refractivity contribution in [2.75, 3.05) is 38.1 Å². The maximum absolute atomic E-state index is 13.3. The number of piperazine rings is 1. The van der Waals surface area contributed by atoms with Crippen molar-refractivity contribution in [3.63, 3.8) is 0 Å². The monoisotopic (exact) mass is 554 g/mol.